The highest BCUT2D eigenvalue weighted by Gasteiger charge is 2.40. The van der Waals surface area contributed by atoms with Gasteiger partial charge in [-0.25, -0.2) is 4.79 Å². The van der Waals surface area contributed by atoms with Crippen LogP contribution in [-0.4, -0.2) is 24.8 Å². The first-order valence-corrected chi connectivity index (χ1v) is 6.45. The van der Waals surface area contributed by atoms with E-state index >= 15 is 0 Å². The molecular formula is C13H15O5P. The molecule has 102 valence electrons. The smallest absolute Gasteiger partial charge is 0.338 e. The van der Waals surface area contributed by atoms with Crippen molar-refractivity contribution in [2.45, 2.75) is 25.7 Å². The molecule has 0 amide bonds. The van der Waals surface area contributed by atoms with Crippen LogP contribution >= 0.6 is 9.24 Å². The second-order valence-corrected chi connectivity index (χ2v) is 5.26. The van der Waals surface area contributed by atoms with Crippen LogP contribution in [0.4, 0.5) is 0 Å². The Kier molecular flexibility index (Phi) is 4.38. The van der Waals surface area contributed by atoms with Gasteiger partial charge in [0.15, 0.2) is 0 Å². The Bertz CT molecular complexity index is 462. The zero-order valence-electron chi connectivity index (χ0n) is 10.4. The lowest BCUT2D eigenvalue weighted by Gasteiger charge is -2.12. The van der Waals surface area contributed by atoms with E-state index in [0.29, 0.717) is 12.0 Å². The summed E-state index contributed by atoms with van der Waals surface area (Å²) in [7, 11) is 2.46. The number of allylic oxidation sites excluding steroid dienone is 1. The summed E-state index contributed by atoms with van der Waals surface area (Å²) < 4.78 is 15.3. The Balaban J connectivity index is 2.07. The van der Waals surface area contributed by atoms with Crippen LogP contribution in [0, 0.1) is 5.92 Å². The van der Waals surface area contributed by atoms with E-state index in [0.717, 1.165) is 11.7 Å². The van der Waals surface area contributed by atoms with Gasteiger partial charge in [0.05, 0.1) is 11.8 Å². The predicted octanol–water partition coefficient (Wildman–Crippen LogP) is 1.67. The molecule has 0 aromatic rings. The van der Waals surface area contributed by atoms with E-state index in [4.69, 9.17) is 14.2 Å². The molecule has 2 rings (SSSR count). The third-order valence-electron chi connectivity index (χ3n) is 2.88. The van der Waals surface area contributed by atoms with Crippen LogP contribution < -0.4 is 0 Å². The highest BCUT2D eigenvalue weighted by molar-refractivity contribution is 7.22. The van der Waals surface area contributed by atoms with Crippen molar-refractivity contribution in [3.05, 3.63) is 35.4 Å². The summed E-state index contributed by atoms with van der Waals surface area (Å²) >= 11 is 0. The van der Waals surface area contributed by atoms with E-state index in [-0.39, 0.29) is 18.0 Å². The molecular weight excluding hydrogens is 267 g/mol. The van der Waals surface area contributed by atoms with E-state index in [1.54, 1.807) is 6.08 Å². The molecule has 4 atom stereocenters. The van der Waals surface area contributed by atoms with E-state index in [1.807, 2.05) is 19.1 Å². The Morgan fingerprint density at radius 1 is 1.58 bits per heavy atom. The number of hydrogen-bond donors (Lipinski definition) is 0. The lowest BCUT2D eigenvalue weighted by Crippen LogP contribution is -2.13. The van der Waals surface area contributed by atoms with Crippen molar-refractivity contribution < 1.29 is 23.8 Å². The van der Waals surface area contributed by atoms with E-state index in [9.17, 15) is 9.59 Å². The highest BCUT2D eigenvalue weighted by atomic mass is 31.0. The van der Waals surface area contributed by atoms with Gasteiger partial charge in [-0.15, -0.1) is 9.24 Å². The second-order valence-electron chi connectivity index (χ2n) is 4.35. The average molecular weight is 282 g/mol. The molecule has 0 spiro atoms. The van der Waals surface area contributed by atoms with Crippen molar-refractivity contribution in [3.63, 3.8) is 0 Å². The first-order chi connectivity index (χ1) is 9.11. The largest absolute Gasteiger partial charge is 0.458 e. The molecule has 0 aromatic heterocycles. The number of carbonyl (C=O) groups excluding carboxylic acids is 2. The maximum Gasteiger partial charge on any atom is 0.338 e. The Labute approximate surface area is 113 Å². The molecule has 0 saturated carbocycles. The molecule has 1 saturated heterocycles. The van der Waals surface area contributed by atoms with Gasteiger partial charge in [-0.3, -0.25) is 4.79 Å². The molecule has 0 aromatic carbocycles. The van der Waals surface area contributed by atoms with Crippen molar-refractivity contribution in [1.29, 1.82) is 0 Å². The summed E-state index contributed by atoms with van der Waals surface area (Å²) in [6.07, 6.45) is 6.59. The van der Waals surface area contributed by atoms with Gasteiger partial charge in [0, 0.05) is 12.3 Å². The molecule has 1 aliphatic heterocycles. The van der Waals surface area contributed by atoms with E-state index in [1.165, 1.54) is 6.26 Å². The first-order valence-electron chi connectivity index (χ1n) is 5.88. The first kappa shape index (κ1) is 13.8. The van der Waals surface area contributed by atoms with Crippen molar-refractivity contribution in [2.75, 3.05) is 0 Å². The van der Waals surface area contributed by atoms with Gasteiger partial charge in [-0.1, -0.05) is 17.5 Å². The molecule has 0 N–H and O–H groups in total. The van der Waals surface area contributed by atoms with E-state index in [2.05, 4.69) is 9.24 Å². The van der Waals surface area contributed by atoms with Crippen LogP contribution in [0.25, 0.3) is 0 Å². The summed E-state index contributed by atoms with van der Waals surface area (Å²) in [5, 5.41) is 0.859. The van der Waals surface area contributed by atoms with Crippen molar-refractivity contribution >= 4 is 21.7 Å². The minimum absolute atomic E-state index is 0.0644. The summed E-state index contributed by atoms with van der Waals surface area (Å²) in [4.78, 5) is 22.0. The molecule has 4 unspecified atom stereocenters. The second kappa shape index (κ2) is 6.02. The molecule has 1 fully saturated rings. The summed E-state index contributed by atoms with van der Waals surface area (Å²) in [5.74, 6) is -0.443. The van der Waals surface area contributed by atoms with Crippen LogP contribution in [0.1, 0.15) is 13.3 Å². The Morgan fingerprint density at radius 3 is 3.05 bits per heavy atom. The Hall–Kier alpha value is -1.61. The average Bonchev–Trinajstić information content (AvgIpc) is 2.86. The molecule has 6 heteroatoms. The minimum atomic E-state index is -0.847. The summed E-state index contributed by atoms with van der Waals surface area (Å²) in [5.41, 5.74) is 0.452. The van der Waals surface area contributed by atoms with Gasteiger partial charge in [0.2, 0.25) is 0 Å². The summed E-state index contributed by atoms with van der Waals surface area (Å²) in [6, 6.07) is 0. The van der Waals surface area contributed by atoms with Crippen molar-refractivity contribution in [2.24, 2.45) is 5.92 Å². The molecule has 0 bridgehead atoms. The third kappa shape index (κ3) is 3.24. The van der Waals surface area contributed by atoms with Crippen molar-refractivity contribution in [3.8, 4) is 0 Å². The topological polar surface area (TPSA) is 61.8 Å². The summed E-state index contributed by atoms with van der Waals surface area (Å²) in [6.45, 7) is 2.13. The van der Waals surface area contributed by atoms with Crippen LogP contribution in [0.5, 0.6) is 0 Å². The fraction of sp³-hybridized carbons (Fsp3) is 0.385. The zero-order valence-corrected chi connectivity index (χ0v) is 11.6. The Morgan fingerprint density at radius 2 is 2.37 bits per heavy atom. The number of rotatable bonds is 5. The molecule has 2 aliphatic rings. The molecule has 5 nitrogen and oxygen atoms in total. The fourth-order valence-electron chi connectivity index (χ4n) is 2.04. The number of carbonyl (C=O) groups is 2. The lowest BCUT2D eigenvalue weighted by atomic mass is 10.0. The number of ether oxygens (including phenoxy) is 3. The zero-order chi connectivity index (χ0) is 13.8. The van der Waals surface area contributed by atoms with Crippen molar-refractivity contribution in [1.82, 2.24) is 0 Å². The maximum atomic E-state index is 11.6. The standard InChI is InChI=1S/C13H15O5P/c1-8(19)5-12(17-7-14)16-6-10-9-3-2-4-11(9)18-13(10)15/h2-3,5-7,9,11-12H,4,19H2,1H3/b8-5-,10-6+. The molecule has 0 radical (unpaired) electrons. The van der Waals surface area contributed by atoms with Gasteiger partial charge in [0.1, 0.15) is 6.10 Å². The van der Waals surface area contributed by atoms with Gasteiger partial charge in [-0.05, 0) is 13.0 Å². The van der Waals surface area contributed by atoms with Gasteiger partial charge in [-0.2, -0.15) is 0 Å². The SMILES string of the molecule is C/C(P)=C/C(OC=O)O/C=C1/C(=O)OC2CC=CC12. The van der Waals surface area contributed by atoms with Crippen LogP contribution in [0.3, 0.4) is 0 Å². The normalized spacial score (nSPS) is 29.1. The monoisotopic (exact) mass is 282 g/mol. The highest BCUT2D eigenvalue weighted by Crippen LogP contribution is 2.35. The quantitative estimate of drug-likeness (QED) is 0.146. The predicted molar refractivity (Wildman–Crippen MR) is 70.7 cm³/mol. The van der Waals surface area contributed by atoms with Crippen LogP contribution in [0.2, 0.25) is 0 Å². The minimum Gasteiger partial charge on any atom is -0.458 e. The fourth-order valence-corrected chi connectivity index (χ4v) is 2.20. The third-order valence-corrected chi connectivity index (χ3v) is 3.08. The van der Waals surface area contributed by atoms with Crippen LogP contribution in [0.15, 0.2) is 35.4 Å². The maximum absolute atomic E-state index is 11.6. The van der Waals surface area contributed by atoms with E-state index < -0.39 is 6.29 Å². The number of esters is 1. The molecule has 19 heavy (non-hydrogen) atoms. The van der Waals surface area contributed by atoms with Crippen LogP contribution in [-0.2, 0) is 23.8 Å². The van der Waals surface area contributed by atoms with Gasteiger partial charge in [0.25, 0.3) is 12.8 Å². The lowest BCUT2D eigenvalue weighted by molar-refractivity contribution is -0.145. The number of fused-ring (bicyclic) bond motifs is 1. The number of hydrogen-bond acceptors (Lipinski definition) is 5. The molecule has 1 aliphatic carbocycles. The molecule has 1 heterocycles. The van der Waals surface area contributed by atoms with Gasteiger partial charge < -0.3 is 14.2 Å². The van der Waals surface area contributed by atoms with Gasteiger partial charge >= 0.3 is 5.97 Å².